The van der Waals surface area contributed by atoms with Crippen LogP contribution in [0, 0.1) is 0 Å². The number of carbonyl (C=O) groups excluding carboxylic acids is 1. The van der Waals surface area contributed by atoms with E-state index < -0.39 is 31.3 Å². The third-order valence-electron chi connectivity index (χ3n) is 3.88. The third kappa shape index (κ3) is 10.2. The lowest BCUT2D eigenvalue weighted by Crippen LogP contribution is -2.26. The first-order valence-electron chi connectivity index (χ1n) is 9.06. The molecule has 150 valence electrons. The number of hydrogen-bond donors (Lipinski definition) is 3. The number of aliphatic carboxylic acids is 1. The second-order valence-electron chi connectivity index (χ2n) is 6.18. The lowest BCUT2D eigenvalue weighted by atomic mass is 10.1. The van der Waals surface area contributed by atoms with Crippen molar-refractivity contribution in [1.82, 2.24) is 0 Å². The summed E-state index contributed by atoms with van der Waals surface area (Å²) in [5.74, 6) is -1.51. The fourth-order valence-electron chi connectivity index (χ4n) is 2.10. The van der Waals surface area contributed by atoms with Gasteiger partial charge in [-0.3, -0.25) is 0 Å². The van der Waals surface area contributed by atoms with Gasteiger partial charge in [0.25, 0.3) is 0 Å². The van der Waals surface area contributed by atoms with E-state index in [2.05, 4.69) is 6.92 Å². The van der Waals surface area contributed by atoms with E-state index in [-0.39, 0.29) is 11.1 Å². The van der Waals surface area contributed by atoms with Crippen molar-refractivity contribution in [2.24, 2.45) is 0 Å². The van der Waals surface area contributed by atoms with Crippen molar-refractivity contribution in [2.45, 2.75) is 71.8 Å². The van der Waals surface area contributed by atoms with Gasteiger partial charge in [0.2, 0.25) is 0 Å². The first kappa shape index (κ1) is 24.1. The van der Waals surface area contributed by atoms with Crippen LogP contribution in [0.15, 0.2) is 23.2 Å². The summed E-state index contributed by atoms with van der Waals surface area (Å²) in [4.78, 5) is 23.0. The summed E-state index contributed by atoms with van der Waals surface area (Å²) in [6.45, 7) is 4.08. The largest absolute Gasteiger partial charge is 0.478 e. The molecule has 0 fully saturated rings. The molecule has 0 radical (unpaired) electrons. The van der Waals surface area contributed by atoms with Crippen LogP contribution in [-0.2, 0) is 19.1 Å². The minimum absolute atomic E-state index is 0.0968. The van der Waals surface area contributed by atoms with E-state index in [0.29, 0.717) is 12.2 Å². The molecule has 3 N–H and O–H groups in total. The minimum atomic E-state index is -1.07. The van der Waals surface area contributed by atoms with Gasteiger partial charge in [0.1, 0.15) is 18.1 Å². The lowest BCUT2D eigenvalue weighted by molar-refractivity contribution is -0.148. The van der Waals surface area contributed by atoms with Gasteiger partial charge in [-0.15, -0.1) is 0 Å². The molecule has 7 nitrogen and oxygen atoms in total. The van der Waals surface area contributed by atoms with E-state index in [1.807, 2.05) is 0 Å². The Morgan fingerprint density at radius 3 is 2.12 bits per heavy atom. The Hall–Kier alpha value is -1.86. The van der Waals surface area contributed by atoms with Gasteiger partial charge < -0.3 is 24.8 Å². The van der Waals surface area contributed by atoms with Crippen molar-refractivity contribution in [1.29, 1.82) is 0 Å². The Balaban J connectivity index is 4.75. The zero-order valence-corrected chi connectivity index (χ0v) is 16.0. The van der Waals surface area contributed by atoms with Crippen LogP contribution < -0.4 is 0 Å². The number of aliphatic hydroxyl groups is 2. The van der Waals surface area contributed by atoms with E-state index in [1.54, 1.807) is 0 Å². The van der Waals surface area contributed by atoms with Gasteiger partial charge in [-0.05, 0) is 20.3 Å². The highest BCUT2D eigenvalue weighted by molar-refractivity contribution is 5.88. The molecular weight excluding hydrogens is 340 g/mol. The maximum atomic E-state index is 11.8. The number of ether oxygens (including phenoxy) is 2. The van der Waals surface area contributed by atoms with Crippen molar-refractivity contribution in [2.75, 3.05) is 13.2 Å². The number of aliphatic hydroxyl groups excluding tert-OH is 2. The topological polar surface area (TPSA) is 113 Å². The van der Waals surface area contributed by atoms with Crippen molar-refractivity contribution < 1.29 is 34.4 Å². The molecule has 0 aliphatic rings. The summed E-state index contributed by atoms with van der Waals surface area (Å²) in [6, 6.07) is 0. The zero-order chi connectivity index (χ0) is 19.9. The van der Waals surface area contributed by atoms with Crippen LogP contribution in [0.4, 0.5) is 0 Å². The summed E-state index contributed by atoms with van der Waals surface area (Å²) in [6.07, 6.45) is 7.03. The number of carbonyl (C=O) groups is 2. The molecule has 0 aromatic carbocycles. The molecule has 0 aliphatic carbocycles. The smallest absolute Gasteiger partial charge is 0.337 e. The van der Waals surface area contributed by atoms with Gasteiger partial charge in [-0.25, -0.2) is 9.59 Å². The minimum Gasteiger partial charge on any atom is -0.478 e. The summed E-state index contributed by atoms with van der Waals surface area (Å²) in [5.41, 5.74) is 0.204. The highest BCUT2D eigenvalue weighted by atomic mass is 16.6. The number of hydrogen-bond acceptors (Lipinski definition) is 6. The first-order valence-corrected chi connectivity index (χ1v) is 9.06. The van der Waals surface area contributed by atoms with E-state index in [4.69, 9.17) is 19.7 Å². The van der Waals surface area contributed by atoms with Crippen LogP contribution in [-0.4, -0.2) is 46.6 Å². The first-order chi connectivity index (χ1) is 12.4. The number of unbranched alkanes of at least 4 members (excludes halogenated alkanes) is 5. The lowest BCUT2D eigenvalue weighted by Gasteiger charge is -2.13. The van der Waals surface area contributed by atoms with Crippen LogP contribution in [0.5, 0.6) is 0 Å². The maximum Gasteiger partial charge on any atom is 0.337 e. The molecule has 0 saturated heterocycles. The second-order valence-corrected chi connectivity index (χ2v) is 6.18. The van der Waals surface area contributed by atoms with Crippen LogP contribution in [0.1, 0.15) is 65.7 Å². The molecule has 7 heteroatoms. The van der Waals surface area contributed by atoms with E-state index in [9.17, 15) is 14.7 Å². The molecule has 0 saturated carbocycles. The number of carboxylic acid groups (broad SMARTS) is 1. The average molecular weight is 372 g/mol. The molecule has 0 bridgehead atoms. The molecule has 26 heavy (non-hydrogen) atoms. The van der Waals surface area contributed by atoms with Gasteiger partial charge in [0, 0.05) is 6.42 Å². The van der Waals surface area contributed by atoms with Gasteiger partial charge in [0.05, 0.1) is 24.4 Å². The molecule has 0 heterocycles. The monoisotopic (exact) mass is 372 g/mol. The van der Waals surface area contributed by atoms with Crippen LogP contribution in [0.25, 0.3) is 0 Å². The second kappa shape index (κ2) is 14.3. The molecule has 0 aromatic heterocycles. The Bertz CT molecular complexity index is 490. The average Bonchev–Trinajstić information content (AvgIpc) is 2.63. The Morgan fingerprint density at radius 2 is 1.58 bits per heavy atom. The highest BCUT2D eigenvalue weighted by Crippen LogP contribution is 2.18. The summed E-state index contributed by atoms with van der Waals surface area (Å²) in [5, 5.41) is 27.0. The van der Waals surface area contributed by atoms with Gasteiger partial charge in [-0.2, -0.15) is 0 Å². The Morgan fingerprint density at radius 1 is 1.00 bits per heavy atom. The van der Waals surface area contributed by atoms with Gasteiger partial charge in [0.15, 0.2) is 0 Å². The van der Waals surface area contributed by atoms with Crippen molar-refractivity contribution in [3.63, 3.8) is 0 Å². The normalized spacial score (nSPS) is 12.8. The van der Waals surface area contributed by atoms with Gasteiger partial charge >= 0.3 is 11.9 Å². The maximum absolute atomic E-state index is 11.8. The number of rotatable bonds is 14. The summed E-state index contributed by atoms with van der Waals surface area (Å²) < 4.78 is 10.3. The molecule has 0 unspecified atom stereocenters. The Labute approximate surface area is 155 Å². The fraction of sp³-hybridized carbons (Fsp3) is 0.684. The molecule has 0 aliphatic heterocycles. The number of carboxylic acids is 1. The van der Waals surface area contributed by atoms with Crippen LogP contribution in [0.2, 0.25) is 0 Å². The highest BCUT2D eigenvalue weighted by Gasteiger charge is 2.15. The standard InChI is InChI=1S/C19H32O7/c1-4-5-6-7-8-9-10-17(15(3)18(22)23)25-13-14(2)19(24)26-16(11-20)12-21/h13,16,20-21H,4-12H2,1-3H3,(H,22,23)/b14-13+,17-15+. The van der Waals surface area contributed by atoms with Crippen LogP contribution >= 0.6 is 0 Å². The number of esters is 1. The third-order valence-corrected chi connectivity index (χ3v) is 3.88. The summed E-state index contributed by atoms with van der Waals surface area (Å²) in [7, 11) is 0. The molecule has 0 rings (SSSR count). The van der Waals surface area contributed by atoms with E-state index in [1.165, 1.54) is 26.7 Å². The quantitative estimate of drug-likeness (QED) is 0.186. The molecule has 0 amide bonds. The van der Waals surface area contributed by atoms with Crippen molar-refractivity contribution >= 4 is 11.9 Å². The van der Waals surface area contributed by atoms with E-state index >= 15 is 0 Å². The molecule has 0 spiro atoms. The zero-order valence-electron chi connectivity index (χ0n) is 16.0. The fourth-order valence-corrected chi connectivity index (χ4v) is 2.10. The summed E-state index contributed by atoms with van der Waals surface area (Å²) >= 11 is 0. The predicted octanol–water partition coefficient (Wildman–Crippen LogP) is 2.91. The SMILES string of the molecule is CCCCCCCC/C(O/C=C(\C)C(=O)OC(CO)CO)=C(/C)C(=O)O. The van der Waals surface area contributed by atoms with Crippen molar-refractivity contribution in [3.8, 4) is 0 Å². The molecule has 0 atom stereocenters. The van der Waals surface area contributed by atoms with Crippen molar-refractivity contribution in [3.05, 3.63) is 23.2 Å². The molecular formula is C19H32O7. The van der Waals surface area contributed by atoms with Gasteiger partial charge in [-0.1, -0.05) is 39.0 Å². The van der Waals surface area contributed by atoms with E-state index in [0.717, 1.165) is 31.9 Å². The van der Waals surface area contributed by atoms with Crippen LogP contribution in [0.3, 0.4) is 0 Å². The number of allylic oxidation sites excluding steroid dienone is 1. The molecule has 0 aromatic rings. The Kier molecular flexibility index (Phi) is 13.3. The predicted molar refractivity (Wildman–Crippen MR) is 97.2 cm³/mol.